The van der Waals surface area contributed by atoms with Gasteiger partial charge in [-0.15, -0.1) is 0 Å². The Kier molecular flexibility index (Phi) is 5.20. The average Bonchev–Trinajstić information content (AvgIpc) is 2.95. The Bertz CT molecular complexity index is 535. The topological polar surface area (TPSA) is 69.6 Å². The molecule has 6 heteroatoms. The SMILES string of the molecule is CC(C(=O)NCc1ccccc1Cl)N1CCC(C(=O)O)C1. The molecule has 1 heterocycles. The van der Waals surface area contributed by atoms with E-state index in [1.165, 1.54) is 0 Å². The standard InChI is InChI=1S/C15H19ClN2O3/c1-10(18-7-6-12(9-18)15(20)21)14(19)17-8-11-4-2-3-5-13(11)16/h2-5,10,12H,6-9H2,1H3,(H,17,19)(H,20,21). The minimum Gasteiger partial charge on any atom is -0.481 e. The van der Waals surface area contributed by atoms with Gasteiger partial charge in [-0.3, -0.25) is 14.5 Å². The van der Waals surface area contributed by atoms with Crippen molar-refractivity contribution in [3.05, 3.63) is 34.9 Å². The van der Waals surface area contributed by atoms with E-state index in [0.29, 0.717) is 31.1 Å². The second kappa shape index (κ2) is 6.91. The lowest BCUT2D eigenvalue weighted by molar-refractivity contribution is -0.141. The predicted molar refractivity (Wildman–Crippen MR) is 80.1 cm³/mol. The second-order valence-corrected chi connectivity index (χ2v) is 5.71. The van der Waals surface area contributed by atoms with Gasteiger partial charge in [-0.2, -0.15) is 0 Å². The zero-order valence-electron chi connectivity index (χ0n) is 11.9. The first-order valence-electron chi connectivity index (χ1n) is 6.97. The molecule has 0 saturated carbocycles. The number of benzene rings is 1. The third-order valence-corrected chi connectivity index (χ3v) is 4.28. The summed E-state index contributed by atoms with van der Waals surface area (Å²) in [7, 11) is 0. The van der Waals surface area contributed by atoms with E-state index in [4.69, 9.17) is 16.7 Å². The van der Waals surface area contributed by atoms with Crippen LogP contribution >= 0.6 is 11.6 Å². The maximum Gasteiger partial charge on any atom is 0.307 e. The molecule has 2 unspecified atom stereocenters. The molecule has 1 aromatic rings. The highest BCUT2D eigenvalue weighted by Gasteiger charge is 2.32. The Morgan fingerprint density at radius 2 is 2.19 bits per heavy atom. The molecular weight excluding hydrogens is 292 g/mol. The van der Waals surface area contributed by atoms with Crippen molar-refractivity contribution in [1.82, 2.24) is 10.2 Å². The number of hydrogen-bond acceptors (Lipinski definition) is 3. The minimum absolute atomic E-state index is 0.110. The lowest BCUT2D eigenvalue weighted by atomic mass is 10.1. The summed E-state index contributed by atoms with van der Waals surface area (Å²) in [6.07, 6.45) is 0.595. The van der Waals surface area contributed by atoms with Crippen molar-refractivity contribution in [2.24, 2.45) is 5.92 Å². The molecule has 5 nitrogen and oxygen atoms in total. The molecule has 0 radical (unpaired) electrons. The zero-order chi connectivity index (χ0) is 15.4. The normalized spacial score (nSPS) is 20.2. The van der Waals surface area contributed by atoms with Crippen LogP contribution in [-0.4, -0.2) is 41.0 Å². The van der Waals surface area contributed by atoms with Crippen molar-refractivity contribution in [3.8, 4) is 0 Å². The van der Waals surface area contributed by atoms with E-state index >= 15 is 0 Å². The molecule has 2 rings (SSSR count). The minimum atomic E-state index is -0.791. The van der Waals surface area contributed by atoms with Gasteiger partial charge in [-0.1, -0.05) is 29.8 Å². The van der Waals surface area contributed by atoms with Gasteiger partial charge in [-0.05, 0) is 31.5 Å². The summed E-state index contributed by atoms with van der Waals surface area (Å²) in [5, 5.41) is 12.5. The second-order valence-electron chi connectivity index (χ2n) is 5.30. The van der Waals surface area contributed by atoms with Gasteiger partial charge in [0.15, 0.2) is 0 Å². The van der Waals surface area contributed by atoms with Crippen molar-refractivity contribution in [2.45, 2.75) is 25.9 Å². The summed E-state index contributed by atoms with van der Waals surface area (Å²) in [5.41, 5.74) is 0.865. The Labute approximate surface area is 128 Å². The van der Waals surface area contributed by atoms with E-state index < -0.39 is 5.97 Å². The molecule has 21 heavy (non-hydrogen) atoms. The summed E-state index contributed by atoms with van der Waals surface area (Å²) in [5.74, 6) is -1.27. The van der Waals surface area contributed by atoms with Gasteiger partial charge >= 0.3 is 5.97 Å². The Morgan fingerprint density at radius 1 is 1.48 bits per heavy atom. The molecule has 2 atom stereocenters. The first-order valence-corrected chi connectivity index (χ1v) is 7.35. The monoisotopic (exact) mass is 310 g/mol. The van der Waals surface area contributed by atoms with E-state index in [2.05, 4.69) is 5.32 Å². The highest BCUT2D eigenvalue weighted by atomic mass is 35.5. The third kappa shape index (κ3) is 3.95. The summed E-state index contributed by atoms with van der Waals surface area (Å²) >= 11 is 6.04. The van der Waals surface area contributed by atoms with Crippen molar-refractivity contribution in [1.29, 1.82) is 0 Å². The van der Waals surface area contributed by atoms with E-state index in [-0.39, 0.29) is 17.9 Å². The molecule has 0 aliphatic carbocycles. The van der Waals surface area contributed by atoms with Gasteiger partial charge in [0, 0.05) is 18.1 Å². The molecule has 0 aromatic heterocycles. The van der Waals surface area contributed by atoms with E-state index in [1.807, 2.05) is 23.1 Å². The first-order chi connectivity index (χ1) is 9.99. The van der Waals surface area contributed by atoms with Crippen LogP contribution in [0.15, 0.2) is 24.3 Å². The van der Waals surface area contributed by atoms with Crippen molar-refractivity contribution < 1.29 is 14.7 Å². The molecule has 1 fully saturated rings. The molecule has 2 N–H and O–H groups in total. The number of aliphatic carboxylic acids is 1. The van der Waals surface area contributed by atoms with E-state index in [9.17, 15) is 9.59 Å². The zero-order valence-corrected chi connectivity index (χ0v) is 12.6. The van der Waals surface area contributed by atoms with Crippen molar-refractivity contribution in [3.63, 3.8) is 0 Å². The van der Waals surface area contributed by atoms with E-state index in [0.717, 1.165) is 5.56 Å². The van der Waals surface area contributed by atoms with Gasteiger partial charge in [0.1, 0.15) is 0 Å². The van der Waals surface area contributed by atoms with Gasteiger partial charge in [0.05, 0.1) is 12.0 Å². The van der Waals surface area contributed by atoms with Crippen LogP contribution in [0.2, 0.25) is 5.02 Å². The Balaban J connectivity index is 1.86. The fourth-order valence-electron chi connectivity index (χ4n) is 2.48. The van der Waals surface area contributed by atoms with Crippen LogP contribution in [-0.2, 0) is 16.1 Å². The van der Waals surface area contributed by atoms with Gasteiger partial charge in [-0.25, -0.2) is 0 Å². The van der Waals surface area contributed by atoms with Crippen LogP contribution in [0.1, 0.15) is 18.9 Å². The molecule has 1 saturated heterocycles. The number of nitrogens with one attached hydrogen (secondary N) is 1. The van der Waals surface area contributed by atoms with Crippen LogP contribution in [0, 0.1) is 5.92 Å². The van der Waals surface area contributed by atoms with Crippen LogP contribution in [0.4, 0.5) is 0 Å². The lowest BCUT2D eigenvalue weighted by Crippen LogP contribution is -2.44. The van der Waals surface area contributed by atoms with Gasteiger partial charge < -0.3 is 10.4 Å². The molecule has 1 aliphatic rings. The number of rotatable bonds is 5. The number of carboxylic acid groups (broad SMARTS) is 1. The summed E-state index contributed by atoms with van der Waals surface area (Å²) in [6, 6.07) is 7.02. The number of amides is 1. The maximum atomic E-state index is 12.1. The average molecular weight is 311 g/mol. The smallest absolute Gasteiger partial charge is 0.307 e. The van der Waals surface area contributed by atoms with Crippen LogP contribution < -0.4 is 5.32 Å². The number of carboxylic acids is 1. The quantitative estimate of drug-likeness (QED) is 0.869. The number of hydrogen-bond donors (Lipinski definition) is 2. The number of halogens is 1. The molecule has 1 aromatic carbocycles. The number of carbonyl (C=O) groups is 2. The van der Waals surface area contributed by atoms with Crippen LogP contribution in [0.5, 0.6) is 0 Å². The van der Waals surface area contributed by atoms with Crippen molar-refractivity contribution >= 4 is 23.5 Å². The number of nitrogens with zero attached hydrogens (tertiary/aromatic N) is 1. The lowest BCUT2D eigenvalue weighted by Gasteiger charge is -2.23. The maximum absolute atomic E-state index is 12.1. The summed E-state index contributed by atoms with van der Waals surface area (Å²) in [4.78, 5) is 25.0. The fourth-order valence-corrected chi connectivity index (χ4v) is 2.68. The Morgan fingerprint density at radius 3 is 2.81 bits per heavy atom. The fraction of sp³-hybridized carbons (Fsp3) is 0.467. The summed E-state index contributed by atoms with van der Waals surface area (Å²) < 4.78 is 0. The number of carbonyl (C=O) groups excluding carboxylic acids is 1. The molecular formula is C15H19ClN2O3. The van der Waals surface area contributed by atoms with Crippen LogP contribution in [0.3, 0.4) is 0 Å². The first kappa shape index (κ1) is 15.8. The molecule has 114 valence electrons. The van der Waals surface area contributed by atoms with Gasteiger partial charge in [0.2, 0.25) is 5.91 Å². The van der Waals surface area contributed by atoms with Crippen molar-refractivity contribution in [2.75, 3.05) is 13.1 Å². The largest absolute Gasteiger partial charge is 0.481 e. The molecule has 0 bridgehead atoms. The molecule has 1 amide bonds. The highest BCUT2D eigenvalue weighted by Crippen LogP contribution is 2.19. The Hall–Kier alpha value is -1.59. The highest BCUT2D eigenvalue weighted by molar-refractivity contribution is 6.31. The van der Waals surface area contributed by atoms with E-state index in [1.54, 1.807) is 13.0 Å². The predicted octanol–water partition coefficient (Wildman–Crippen LogP) is 1.75. The molecule has 1 aliphatic heterocycles. The molecule has 0 spiro atoms. The summed E-state index contributed by atoms with van der Waals surface area (Å²) in [6.45, 7) is 3.23. The van der Waals surface area contributed by atoms with Gasteiger partial charge in [0.25, 0.3) is 0 Å². The number of likely N-dealkylation sites (tertiary alicyclic amines) is 1. The van der Waals surface area contributed by atoms with Crippen LogP contribution in [0.25, 0.3) is 0 Å². The third-order valence-electron chi connectivity index (χ3n) is 3.91.